The van der Waals surface area contributed by atoms with Gasteiger partial charge in [-0.15, -0.1) is 0 Å². The number of carbonyl (C=O) groups is 1. The molecule has 2 fully saturated rings. The van der Waals surface area contributed by atoms with Crippen molar-refractivity contribution in [1.82, 2.24) is 4.90 Å². The Morgan fingerprint density at radius 1 is 1.21 bits per heavy atom. The lowest BCUT2D eigenvalue weighted by Gasteiger charge is -2.21. The molecule has 2 N–H and O–H groups in total. The predicted octanol–water partition coefficient (Wildman–Crippen LogP) is 2.89. The summed E-state index contributed by atoms with van der Waals surface area (Å²) in [6.07, 6.45) is 6.83. The average molecular weight is 326 g/mol. The summed E-state index contributed by atoms with van der Waals surface area (Å²) in [5, 5.41) is 0. The van der Waals surface area contributed by atoms with Crippen LogP contribution in [-0.4, -0.2) is 36.5 Å². The number of hydrogen-bond donors (Lipinski definition) is 1. The van der Waals surface area contributed by atoms with Crippen LogP contribution in [0.2, 0.25) is 0 Å². The molecule has 2 aliphatic heterocycles. The van der Waals surface area contributed by atoms with Crippen molar-refractivity contribution >= 4 is 11.5 Å². The first-order chi connectivity index (χ1) is 11.7. The Labute approximate surface area is 143 Å². The number of benzene rings is 1. The number of likely N-dealkylation sites (tertiary alicyclic amines) is 1. The van der Waals surface area contributed by atoms with Gasteiger partial charge in [0.1, 0.15) is 0 Å². The van der Waals surface area contributed by atoms with E-state index in [0.717, 1.165) is 51.8 Å². The van der Waals surface area contributed by atoms with E-state index in [-0.39, 0.29) is 12.0 Å². The fourth-order valence-corrected chi connectivity index (χ4v) is 4.09. The van der Waals surface area contributed by atoms with E-state index in [4.69, 9.17) is 10.5 Å². The zero-order chi connectivity index (χ0) is 16.5. The zero-order valence-corrected chi connectivity index (χ0v) is 14.1. The molecule has 1 saturated carbocycles. The molecule has 0 spiro atoms. The smallest absolute Gasteiger partial charge is 0.226 e. The van der Waals surface area contributed by atoms with Gasteiger partial charge in [0.05, 0.1) is 12.9 Å². The highest BCUT2D eigenvalue weighted by atomic mass is 16.5. The van der Waals surface area contributed by atoms with E-state index in [1.807, 2.05) is 6.26 Å². The van der Waals surface area contributed by atoms with Crippen molar-refractivity contribution in [2.24, 2.45) is 11.7 Å². The molecule has 3 unspecified atom stereocenters. The van der Waals surface area contributed by atoms with Crippen molar-refractivity contribution in [3.63, 3.8) is 0 Å². The molecule has 4 rings (SSSR count). The first-order valence-corrected chi connectivity index (χ1v) is 9.18. The number of ether oxygens (including phenoxy) is 1. The van der Waals surface area contributed by atoms with Gasteiger partial charge in [0.2, 0.25) is 5.91 Å². The van der Waals surface area contributed by atoms with Gasteiger partial charge in [-0.25, -0.2) is 0 Å². The van der Waals surface area contributed by atoms with Crippen molar-refractivity contribution in [1.29, 1.82) is 0 Å². The third kappa shape index (κ3) is 3.07. The lowest BCUT2D eigenvalue weighted by molar-refractivity contribution is -0.132. The second-order valence-electron chi connectivity index (χ2n) is 7.32. The van der Waals surface area contributed by atoms with E-state index < -0.39 is 0 Å². The fraction of sp³-hybridized carbons (Fsp3) is 0.550. The van der Waals surface area contributed by atoms with E-state index >= 15 is 0 Å². The molecule has 0 radical (unpaired) electrons. The molecule has 3 atom stereocenters. The summed E-state index contributed by atoms with van der Waals surface area (Å²) >= 11 is 0. The van der Waals surface area contributed by atoms with E-state index in [1.165, 1.54) is 16.7 Å². The Morgan fingerprint density at radius 3 is 2.92 bits per heavy atom. The molecule has 4 heteroatoms. The van der Waals surface area contributed by atoms with Crippen LogP contribution in [0.1, 0.15) is 49.1 Å². The van der Waals surface area contributed by atoms with Crippen LogP contribution >= 0.6 is 0 Å². The van der Waals surface area contributed by atoms with Crippen molar-refractivity contribution < 1.29 is 9.53 Å². The van der Waals surface area contributed by atoms with Crippen LogP contribution < -0.4 is 5.73 Å². The van der Waals surface area contributed by atoms with Crippen molar-refractivity contribution in [2.75, 3.05) is 19.7 Å². The van der Waals surface area contributed by atoms with E-state index in [2.05, 4.69) is 29.2 Å². The summed E-state index contributed by atoms with van der Waals surface area (Å²) in [5.41, 5.74) is 9.90. The van der Waals surface area contributed by atoms with Gasteiger partial charge >= 0.3 is 0 Å². The minimum atomic E-state index is 0.156. The Kier molecular flexibility index (Phi) is 4.31. The van der Waals surface area contributed by atoms with Gasteiger partial charge in [-0.05, 0) is 48.3 Å². The minimum absolute atomic E-state index is 0.156. The van der Waals surface area contributed by atoms with E-state index in [0.29, 0.717) is 11.8 Å². The molecule has 1 aliphatic carbocycles. The third-order valence-electron chi connectivity index (χ3n) is 5.61. The Morgan fingerprint density at radius 2 is 2.08 bits per heavy atom. The van der Waals surface area contributed by atoms with E-state index in [1.54, 1.807) is 0 Å². The van der Waals surface area contributed by atoms with Gasteiger partial charge < -0.3 is 15.4 Å². The van der Waals surface area contributed by atoms with Gasteiger partial charge in [0.15, 0.2) is 0 Å². The minimum Gasteiger partial charge on any atom is -0.501 e. The molecule has 128 valence electrons. The highest BCUT2D eigenvalue weighted by Crippen LogP contribution is 2.51. The Hall–Kier alpha value is -1.81. The average Bonchev–Trinajstić information content (AvgIpc) is 3.28. The number of rotatable bonds is 3. The maximum absolute atomic E-state index is 12.9. The first-order valence-electron chi connectivity index (χ1n) is 9.18. The van der Waals surface area contributed by atoms with Crippen LogP contribution in [0.3, 0.4) is 0 Å². The van der Waals surface area contributed by atoms with Gasteiger partial charge in [-0.2, -0.15) is 0 Å². The molecular formula is C20H26N2O2. The van der Waals surface area contributed by atoms with Crippen LogP contribution in [0.4, 0.5) is 0 Å². The monoisotopic (exact) mass is 326 g/mol. The molecule has 0 bridgehead atoms. The summed E-state index contributed by atoms with van der Waals surface area (Å²) in [4.78, 5) is 14.9. The number of amides is 1. The largest absolute Gasteiger partial charge is 0.501 e. The van der Waals surface area contributed by atoms with Crippen LogP contribution in [0.15, 0.2) is 30.5 Å². The maximum atomic E-state index is 12.9. The summed E-state index contributed by atoms with van der Waals surface area (Å²) in [6.45, 7) is 2.46. The number of nitrogens with two attached hydrogens (primary N) is 1. The molecule has 0 aromatic heterocycles. The second-order valence-corrected chi connectivity index (χ2v) is 7.32. The standard InChI is InChI=1S/C20H26N2O2/c21-15-4-3-9-22(10-7-15)20(23)19-12-18(19)17-6-2-1-5-16(17)14-8-11-24-13-14/h1-2,5-6,13,15,18-19H,3-4,7-12,21H2. The van der Waals surface area contributed by atoms with Crippen molar-refractivity contribution in [2.45, 2.75) is 44.1 Å². The van der Waals surface area contributed by atoms with Crippen molar-refractivity contribution in [3.8, 4) is 0 Å². The van der Waals surface area contributed by atoms with Crippen molar-refractivity contribution in [3.05, 3.63) is 41.7 Å². The number of hydrogen-bond acceptors (Lipinski definition) is 3. The van der Waals surface area contributed by atoms with Crippen LogP contribution in [0, 0.1) is 5.92 Å². The highest BCUT2D eigenvalue weighted by Gasteiger charge is 2.46. The Bertz CT molecular complexity index is 655. The molecule has 24 heavy (non-hydrogen) atoms. The topological polar surface area (TPSA) is 55.6 Å². The summed E-state index contributed by atoms with van der Waals surface area (Å²) in [7, 11) is 0. The third-order valence-corrected chi connectivity index (χ3v) is 5.61. The predicted molar refractivity (Wildman–Crippen MR) is 94.2 cm³/mol. The van der Waals surface area contributed by atoms with Crippen LogP contribution in [-0.2, 0) is 9.53 Å². The zero-order valence-electron chi connectivity index (χ0n) is 14.1. The van der Waals surface area contributed by atoms with Gasteiger partial charge in [0, 0.05) is 31.5 Å². The van der Waals surface area contributed by atoms with E-state index in [9.17, 15) is 4.79 Å². The normalized spacial score (nSPS) is 29.6. The van der Waals surface area contributed by atoms with Gasteiger partial charge in [0.25, 0.3) is 0 Å². The second kappa shape index (κ2) is 6.60. The molecular weight excluding hydrogens is 300 g/mol. The molecule has 1 amide bonds. The van der Waals surface area contributed by atoms with Crippen LogP contribution in [0.25, 0.3) is 5.57 Å². The lowest BCUT2D eigenvalue weighted by atomic mass is 9.95. The summed E-state index contributed by atoms with van der Waals surface area (Å²) < 4.78 is 5.41. The number of nitrogens with zero attached hydrogens (tertiary/aromatic N) is 1. The molecule has 1 aromatic rings. The summed E-state index contributed by atoms with van der Waals surface area (Å²) in [6, 6.07) is 8.77. The maximum Gasteiger partial charge on any atom is 0.226 e. The molecule has 3 aliphatic rings. The quantitative estimate of drug-likeness (QED) is 0.929. The number of carbonyl (C=O) groups excluding carboxylic acids is 1. The fourth-order valence-electron chi connectivity index (χ4n) is 4.09. The first kappa shape index (κ1) is 15.7. The lowest BCUT2D eigenvalue weighted by Crippen LogP contribution is -2.34. The van der Waals surface area contributed by atoms with Gasteiger partial charge in [-0.3, -0.25) is 4.79 Å². The molecule has 1 saturated heterocycles. The van der Waals surface area contributed by atoms with Gasteiger partial charge in [-0.1, -0.05) is 24.3 Å². The van der Waals surface area contributed by atoms with Crippen LogP contribution in [0.5, 0.6) is 0 Å². The highest BCUT2D eigenvalue weighted by molar-refractivity contribution is 5.84. The molecule has 1 aromatic carbocycles. The SMILES string of the molecule is NC1CCCN(C(=O)C2CC2c2ccccc2C2=COCC2)CC1. The molecule has 2 heterocycles. The summed E-state index contributed by atoms with van der Waals surface area (Å²) in [5.74, 6) is 0.857. The Balaban J connectivity index is 1.47. The molecule has 4 nitrogen and oxygen atoms in total.